The second kappa shape index (κ2) is 4.42. The molecule has 1 aliphatic rings. The molecular weight excluding hydrogens is 268 g/mol. The van der Waals surface area contributed by atoms with Crippen molar-refractivity contribution >= 4 is 10.0 Å². The van der Waals surface area contributed by atoms with Crippen LogP contribution in [-0.2, 0) is 23.6 Å². The normalized spacial score (nSPS) is 15.8. The van der Waals surface area contributed by atoms with Crippen LogP contribution in [-0.4, -0.2) is 38.4 Å². The Bertz CT molecular complexity index is 684. The summed E-state index contributed by atoms with van der Waals surface area (Å²) in [7, 11) is -1.38. The van der Waals surface area contributed by atoms with E-state index in [9.17, 15) is 8.42 Å². The summed E-state index contributed by atoms with van der Waals surface area (Å²) in [5.74, 6) is 0.767. The van der Waals surface area contributed by atoms with Gasteiger partial charge in [-0.15, -0.1) is 5.10 Å². The monoisotopic (exact) mass is 282 g/mol. The number of hydrogen-bond donors (Lipinski definition) is 1. The van der Waals surface area contributed by atoms with E-state index in [0.29, 0.717) is 5.69 Å². The number of aromatic nitrogens is 5. The first-order valence-electron chi connectivity index (χ1n) is 5.94. The number of hydrogen-bond acceptors (Lipinski definition) is 5. The Kier molecular flexibility index (Phi) is 2.86. The van der Waals surface area contributed by atoms with Gasteiger partial charge in [-0.3, -0.25) is 4.68 Å². The molecule has 0 spiro atoms. The predicted octanol–water partition coefficient (Wildman–Crippen LogP) is -0.417. The van der Waals surface area contributed by atoms with Crippen LogP contribution in [0, 0.1) is 0 Å². The smallest absolute Gasteiger partial charge is 0.214 e. The molecule has 0 radical (unpaired) electrons. The van der Waals surface area contributed by atoms with Gasteiger partial charge in [-0.25, -0.2) is 17.8 Å². The van der Waals surface area contributed by atoms with Crippen molar-refractivity contribution in [1.82, 2.24) is 29.5 Å². The van der Waals surface area contributed by atoms with E-state index in [1.54, 1.807) is 34.9 Å². The van der Waals surface area contributed by atoms with Gasteiger partial charge >= 0.3 is 0 Å². The lowest BCUT2D eigenvalue weighted by atomic mass is 10.5. The van der Waals surface area contributed by atoms with Crippen LogP contribution in [0.2, 0.25) is 0 Å². The largest absolute Gasteiger partial charge is 0.251 e. The minimum absolute atomic E-state index is 0.163. The topological polar surface area (TPSA) is 94.7 Å². The molecule has 0 saturated heterocycles. The first kappa shape index (κ1) is 12.3. The third-order valence-electron chi connectivity index (χ3n) is 2.99. The van der Waals surface area contributed by atoms with Crippen molar-refractivity contribution in [2.24, 2.45) is 7.05 Å². The summed E-state index contributed by atoms with van der Waals surface area (Å²) < 4.78 is 29.1. The molecule has 0 atom stereocenters. The Labute approximate surface area is 110 Å². The van der Waals surface area contributed by atoms with Gasteiger partial charge in [0.2, 0.25) is 10.0 Å². The quantitative estimate of drug-likeness (QED) is 0.804. The average Bonchev–Trinajstić information content (AvgIpc) is 3.00. The van der Waals surface area contributed by atoms with Gasteiger partial charge in [-0.05, 0) is 12.8 Å². The van der Waals surface area contributed by atoms with E-state index in [1.165, 1.54) is 0 Å². The second-order valence-corrected chi connectivity index (χ2v) is 6.58. The van der Waals surface area contributed by atoms with Crippen molar-refractivity contribution in [2.45, 2.75) is 24.6 Å². The first-order valence-corrected chi connectivity index (χ1v) is 7.49. The summed E-state index contributed by atoms with van der Waals surface area (Å²) >= 11 is 0. The third kappa shape index (κ3) is 2.51. The van der Waals surface area contributed by atoms with Gasteiger partial charge in [-0.2, -0.15) is 5.10 Å². The third-order valence-corrected chi connectivity index (χ3v) is 4.88. The van der Waals surface area contributed by atoms with E-state index < -0.39 is 10.0 Å². The molecule has 1 fully saturated rings. The van der Waals surface area contributed by atoms with Gasteiger partial charge in [0.05, 0.1) is 29.9 Å². The zero-order valence-electron chi connectivity index (χ0n) is 10.4. The van der Waals surface area contributed by atoms with Crippen molar-refractivity contribution in [3.63, 3.8) is 0 Å². The summed E-state index contributed by atoms with van der Waals surface area (Å²) in [6.45, 7) is 0.163. The van der Waals surface area contributed by atoms with Crippen LogP contribution in [0.4, 0.5) is 0 Å². The number of nitrogens with zero attached hydrogens (tertiary/aromatic N) is 5. The molecule has 1 N–H and O–H groups in total. The number of rotatable bonds is 5. The molecule has 1 aliphatic carbocycles. The van der Waals surface area contributed by atoms with Crippen molar-refractivity contribution in [2.75, 3.05) is 0 Å². The van der Waals surface area contributed by atoms with Crippen LogP contribution in [0.25, 0.3) is 5.82 Å². The SMILES string of the molecule is Cn1nccc1-n1cc(CNS(=O)(=O)C2CC2)nn1. The maximum atomic E-state index is 11.7. The molecule has 8 nitrogen and oxygen atoms in total. The lowest BCUT2D eigenvalue weighted by Gasteiger charge is -2.02. The zero-order chi connectivity index (χ0) is 13.5. The molecule has 2 aromatic rings. The summed E-state index contributed by atoms with van der Waals surface area (Å²) in [5, 5.41) is 11.7. The Morgan fingerprint density at radius 2 is 2.26 bits per heavy atom. The minimum atomic E-state index is -3.18. The van der Waals surface area contributed by atoms with E-state index in [4.69, 9.17) is 0 Å². The van der Waals surface area contributed by atoms with Crippen LogP contribution < -0.4 is 4.72 Å². The molecule has 102 valence electrons. The maximum absolute atomic E-state index is 11.7. The summed E-state index contributed by atoms with van der Waals surface area (Å²) in [6.07, 6.45) is 4.84. The van der Waals surface area contributed by atoms with Gasteiger partial charge in [0.1, 0.15) is 0 Å². The van der Waals surface area contributed by atoms with Gasteiger partial charge in [0, 0.05) is 13.1 Å². The van der Waals surface area contributed by atoms with Crippen molar-refractivity contribution in [3.8, 4) is 5.82 Å². The lowest BCUT2D eigenvalue weighted by Crippen LogP contribution is -2.26. The number of aryl methyl sites for hydroxylation is 1. The molecule has 19 heavy (non-hydrogen) atoms. The Hall–Kier alpha value is -1.74. The summed E-state index contributed by atoms with van der Waals surface area (Å²) in [6, 6.07) is 1.80. The standard InChI is InChI=1S/C10H14N6O2S/c1-15-10(4-5-11-15)16-7-8(13-14-16)6-12-19(17,18)9-2-3-9/h4-5,7,9,12H,2-3,6H2,1H3. The highest BCUT2D eigenvalue weighted by molar-refractivity contribution is 7.90. The maximum Gasteiger partial charge on any atom is 0.214 e. The molecule has 1 saturated carbocycles. The van der Waals surface area contributed by atoms with Crippen molar-refractivity contribution in [1.29, 1.82) is 0 Å². The fraction of sp³-hybridized carbons (Fsp3) is 0.500. The minimum Gasteiger partial charge on any atom is -0.251 e. The molecule has 2 heterocycles. The van der Waals surface area contributed by atoms with E-state index in [0.717, 1.165) is 18.7 Å². The first-order chi connectivity index (χ1) is 9.06. The Balaban J connectivity index is 1.70. The molecule has 3 rings (SSSR count). The summed E-state index contributed by atoms with van der Waals surface area (Å²) in [5.41, 5.74) is 0.574. The Morgan fingerprint density at radius 1 is 1.47 bits per heavy atom. The molecule has 9 heteroatoms. The predicted molar refractivity (Wildman–Crippen MR) is 66.9 cm³/mol. The highest BCUT2D eigenvalue weighted by Crippen LogP contribution is 2.27. The summed E-state index contributed by atoms with van der Waals surface area (Å²) in [4.78, 5) is 0. The molecule has 2 aromatic heterocycles. The highest BCUT2D eigenvalue weighted by Gasteiger charge is 2.35. The van der Waals surface area contributed by atoms with E-state index in [1.807, 2.05) is 0 Å². The number of nitrogens with one attached hydrogen (secondary N) is 1. The van der Waals surface area contributed by atoms with Crippen LogP contribution in [0.5, 0.6) is 0 Å². The van der Waals surface area contributed by atoms with E-state index >= 15 is 0 Å². The van der Waals surface area contributed by atoms with Crippen LogP contribution >= 0.6 is 0 Å². The fourth-order valence-corrected chi connectivity index (χ4v) is 3.10. The van der Waals surface area contributed by atoms with Crippen molar-refractivity contribution in [3.05, 3.63) is 24.2 Å². The molecule has 0 bridgehead atoms. The average molecular weight is 282 g/mol. The van der Waals surface area contributed by atoms with Crippen LogP contribution in [0.3, 0.4) is 0 Å². The molecule has 0 aromatic carbocycles. The molecular formula is C10H14N6O2S. The van der Waals surface area contributed by atoms with Gasteiger partial charge in [-0.1, -0.05) is 5.21 Å². The Morgan fingerprint density at radius 3 is 2.89 bits per heavy atom. The van der Waals surface area contributed by atoms with Crippen LogP contribution in [0.15, 0.2) is 18.5 Å². The van der Waals surface area contributed by atoms with E-state index in [-0.39, 0.29) is 11.8 Å². The van der Waals surface area contributed by atoms with E-state index in [2.05, 4.69) is 20.1 Å². The van der Waals surface area contributed by atoms with Gasteiger partial charge in [0.25, 0.3) is 0 Å². The van der Waals surface area contributed by atoms with Gasteiger partial charge < -0.3 is 0 Å². The van der Waals surface area contributed by atoms with Crippen LogP contribution in [0.1, 0.15) is 18.5 Å². The van der Waals surface area contributed by atoms with Gasteiger partial charge in [0.15, 0.2) is 5.82 Å². The zero-order valence-corrected chi connectivity index (χ0v) is 11.2. The highest BCUT2D eigenvalue weighted by atomic mass is 32.2. The molecule has 0 unspecified atom stereocenters. The lowest BCUT2D eigenvalue weighted by molar-refractivity contribution is 0.579. The second-order valence-electron chi connectivity index (χ2n) is 4.53. The molecule has 0 aliphatic heterocycles. The fourth-order valence-electron chi connectivity index (χ4n) is 1.75. The molecule has 0 amide bonds. The van der Waals surface area contributed by atoms with Crippen molar-refractivity contribution < 1.29 is 8.42 Å². The number of sulfonamides is 1.